The van der Waals surface area contributed by atoms with Gasteiger partial charge in [-0.25, -0.2) is 4.98 Å². The molecule has 1 aromatic carbocycles. The maximum atomic E-state index is 12.2. The lowest BCUT2D eigenvalue weighted by Gasteiger charge is -2.10. The van der Waals surface area contributed by atoms with Crippen molar-refractivity contribution in [3.05, 3.63) is 68.8 Å². The highest BCUT2D eigenvalue weighted by molar-refractivity contribution is 7.99. The zero-order chi connectivity index (χ0) is 23.8. The van der Waals surface area contributed by atoms with Crippen molar-refractivity contribution in [3.63, 3.8) is 0 Å². The summed E-state index contributed by atoms with van der Waals surface area (Å²) in [6, 6.07) is 9.64. The van der Waals surface area contributed by atoms with E-state index < -0.39 is 23.6 Å². The quantitative estimate of drug-likeness (QED) is 0.308. The Morgan fingerprint density at radius 1 is 1.15 bits per heavy atom. The minimum Gasteiger partial charge on any atom is -0.406 e. The van der Waals surface area contributed by atoms with Crippen molar-refractivity contribution in [1.29, 1.82) is 0 Å². The van der Waals surface area contributed by atoms with E-state index in [2.05, 4.69) is 25.3 Å². The van der Waals surface area contributed by atoms with Gasteiger partial charge in [0.2, 0.25) is 11.8 Å². The first-order valence-electron chi connectivity index (χ1n) is 9.34. The van der Waals surface area contributed by atoms with Gasteiger partial charge in [-0.3, -0.25) is 14.4 Å². The van der Waals surface area contributed by atoms with Crippen molar-refractivity contribution < 1.29 is 27.5 Å². The molecule has 8 nitrogen and oxygen atoms in total. The molecule has 0 aliphatic heterocycles. The maximum Gasteiger partial charge on any atom is 0.573 e. The van der Waals surface area contributed by atoms with Crippen LogP contribution in [0, 0.1) is 0 Å². The molecule has 0 radical (unpaired) electrons. The van der Waals surface area contributed by atoms with Crippen LogP contribution in [0.15, 0.2) is 57.8 Å². The lowest BCUT2D eigenvalue weighted by atomic mass is 10.3. The summed E-state index contributed by atoms with van der Waals surface area (Å²) in [4.78, 5) is 43.8. The Morgan fingerprint density at radius 2 is 1.91 bits per heavy atom. The molecule has 0 aliphatic carbocycles. The summed E-state index contributed by atoms with van der Waals surface area (Å²) in [5.74, 6) is -1.30. The minimum atomic E-state index is -4.80. The third kappa shape index (κ3) is 8.61. The zero-order valence-electron chi connectivity index (χ0n) is 16.8. The molecular formula is C20H17F3N4O4S2. The molecule has 2 aromatic heterocycles. The predicted octanol–water partition coefficient (Wildman–Crippen LogP) is 3.32. The highest BCUT2D eigenvalue weighted by Crippen LogP contribution is 2.24. The number of carbonyl (C=O) groups is 2. The molecule has 3 N–H and O–H groups in total. The van der Waals surface area contributed by atoms with Crippen LogP contribution in [0.2, 0.25) is 0 Å². The van der Waals surface area contributed by atoms with Gasteiger partial charge in [-0.2, -0.15) is 0 Å². The number of aromatic nitrogens is 2. The van der Waals surface area contributed by atoms with Crippen molar-refractivity contribution in [2.45, 2.75) is 24.5 Å². The molecule has 2 heterocycles. The van der Waals surface area contributed by atoms with Crippen molar-refractivity contribution in [2.75, 3.05) is 11.1 Å². The Balaban J connectivity index is 1.50. The molecular weight excluding hydrogens is 481 g/mol. The lowest BCUT2D eigenvalue weighted by Crippen LogP contribution is -2.25. The average molecular weight is 499 g/mol. The van der Waals surface area contributed by atoms with Crippen molar-refractivity contribution in [1.82, 2.24) is 15.3 Å². The Labute approximate surface area is 193 Å². The first kappa shape index (κ1) is 24.3. The SMILES string of the molecule is O=C(Cc1cc(=O)[nH]c(SCC(=O)Nc2ccc(OC(F)(F)F)cc2)n1)NCc1cccs1. The molecule has 0 fully saturated rings. The van der Waals surface area contributed by atoms with E-state index in [1.807, 2.05) is 17.5 Å². The monoisotopic (exact) mass is 498 g/mol. The van der Waals surface area contributed by atoms with E-state index in [1.54, 1.807) is 0 Å². The number of nitrogens with one attached hydrogen (secondary N) is 3. The third-order valence-corrected chi connectivity index (χ3v) is 5.62. The molecule has 0 unspecified atom stereocenters. The fraction of sp³-hybridized carbons (Fsp3) is 0.200. The van der Waals surface area contributed by atoms with Gasteiger partial charge in [0, 0.05) is 16.6 Å². The largest absolute Gasteiger partial charge is 0.573 e. The molecule has 0 aliphatic rings. The molecule has 0 bridgehead atoms. The molecule has 13 heteroatoms. The predicted molar refractivity (Wildman–Crippen MR) is 117 cm³/mol. The number of hydrogen-bond acceptors (Lipinski definition) is 7. The number of alkyl halides is 3. The Hall–Kier alpha value is -3.32. The number of H-pyrrole nitrogens is 1. The molecule has 3 rings (SSSR count). The molecule has 0 saturated carbocycles. The smallest absolute Gasteiger partial charge is 0.406 e. The molecule has 0 saturated heterocycles. The second kappa shape index (κ2) is 11.0. The molecule has 3 aromatic rings. The van der Waals surface area contributed by atoms with Gasteiger partial charge in [-0.1, -0.05) is 17.8 Å². The summed E-state index contributed by atoms with van der Waals surface area (Å²) in [7, 11) is 0. The van der Waals surface area contributed by atoms with E-state index in [9.17, 15) is 27.6 Å². The standard InChI is InChI=1S/C20H17F3N4O4S2/c21-20(22,23)31-14-5-3-12(4-6-14)25-18(30)11-33-19-26-13(9-17(29)27-19)8-16(28)24-10-15-2-1-7-32-15/h1-7,9H,8,10-11H2,(H,24,28)(H,25,30)(H,26,27,29). The number of anilines is 1. The van der Waals surface area contributed by atoms with E-state index in [4.69, 9.17) is 0 Å². The molecule has 174 valence electrons. The number of rotatable bonds is 9. The Morgan fingerprint density at radius 3 is 2.58 bits per heavy atom. The summed E-state index contributed by atoms with van der Waals surface area (Å²) < 4.78 is 40.3. The number of thiophene rings is 1. The molecule has 33 heavy (non-hydrogen) atoms. The van der Waals surface area contributed by atoms with Crippen LogP contribution in [0.3, 0.4) is 0 Å². The lowest BCUT2D eigenvalue weighted by molar-refractivity contribution is -0.274. The van der Waals surface area contributed by atoms with Crippen LogP contribution < -0.4 is 20.9 Å². The first-order valence-corrected chi connectivity index (χ1v) is 11.2. The number of halogens is 3. The Bertz CT molecular complexity index is 1150. The van der Waals surface area contributed by atoms with Gasteiger partial charge in [-0.15, -0.1) is 24.5 Å². The summed E-state index contributed by atoms with van der Waals surface area (Å²) in [5, 5.41) is 7.32. The highest BCUT2D eigenvalue weighted by Gasteiger charge is 2.30. The van der Waals surface area contributed by atoms with Crippen LogP contribution in [-0.2, 0) is 22.6 Å². The second-order valence-corrected chi connectivity index (χ2v) is 8.48. The van der Waals surface area contributed by atoms with E-state index in [0.29, 0.717) is 6.54 Å². The fourth-order valence-corrected chi connectivity index (χ4v) is 3.88. The van der Waals surface area contributed by atoms with Crippen LogP contribution in [0.25, 0.3) is 0 Å². The minimum absolute atomic E-state index is 0.0958. The maximum absolute atomic E-state index is 12.2. The average Bonchev–Trinajstić information content (AvgIpc) is 3.24. The number of aromatic amines is 1. The molecule has 0 spiro atoms. The van der Waals surface area contributed by atoms with Gasteiger partial charge in [-0.05, 0) is 35.7 Å². The van der Waals surface area contributed by atoms with Gasteiger partial charge in [0.25, 0.3) is 5.56 Å². The third-order valence-electron chi connectivity index (χ3n) is 3.87. The van der Waals surface area contributed by atoms with E-state index in [1.165, 1.54) is 29.5 Å². The van der Waals surface area contributed by atoms with Crippen LogP contribution in [0.1, 0.15) is 10.6 Å². The number of ether oxygens (including phenoxy) is 1. The zero-order valence-corrected chi connectivity index (χ0v) is 18.4. The van der Waals surface area contributed by atoms with Crippen LogP contribution >= 0.6 is 23.1 Å². The van der Waals surface area contributed by atoms with Crippen LogP contribution in [0.4, 0.5) is 18.9 Å². The number of carbonyl (C=O) groups excluding carboxylic acids is 2. The van der Waals surface area contributed by atoms with E-state index in [0.717, 1.165) is 28.8 Å². The number of nitrogens with zero attached hydrogens (tertiary/aromatic N) is 1. The van der Waals surface area contributed by atoms with Crippen molar-refractivity contribution in [2.24, 2.45) is 0 Å². The van der Waals surface area contributed by atoms with Crippen molar-refractivity contribution >= 4 is 40.6 Å². The second-order valence-electron chi connectivity index (χ2n) is 6.48. The van der Waals surface area contributed by atoms with Crippen molar-refractivity contribution in [3.8, 4) is 5.75 Å². The first-order chi connectivity index (χ1) is 15.7. The summed E-state index contributed by atoms with van der Waals surface area (Å²) in [5.41, 5.74) is 0.0625. The Kier molecular flexibility index (Phi) is 8.11. The topological polar surface area (TPSA) is 113 Å². The van der Waals surface area contributed by atoms with Gasteiger partial charge in [0.1, 0.15) is 5.75 Å². The summed E-state index contributed by atoms with van der Waals surface area (Å²) >= 11 is 2.45. The molecule has 2 amide bonds. The molecule has 0 atom stereocenters. The van der Waals surface area contributed by atoms with Gasteiger partial charge in [0.05, 0.1) is 24.4 Å². The number of amides is 2. The number of thioether (sulfide) groups is 1. The summed E-state index contributed by atoms with van der Waals surface area (Å²) in [6.45, 7) is 0.380. The van der Waals surface area contributed by atoms with Crippen LogP contribution in [0.5, 0.6) is 5.75 Å². The number of hydrogen-bond donors (Lipinski definition) is 3. The van der Waals surface area contributed by atoms with Gasteiger partial charge >= 0.3 is 6.36 Å². The summed E-state index contributed by atoms with van der Waals surface area (Å²) in [6.07, 6.45) is -4.90. The fourth-order valence-electron chi connectivity index (χ4n) is 2.54. The number of benzene rings is 1. The highest BCUT2D eigenvalue weighted by atomic mass is 32.2. The normalized spacial score (nSPS) is 11.1. The van der Waals surface area contributed by atoms with E-state index in [-0.39, 0.29) is 34.6 Å². The van der Waals surface area contributed by atoms with Gasteiger partial charge in [0.15, 0.2) is 5.16 Å². The van der Waals surface area contributed by atoms with Crippen LogP contribution in [-0.4, -0.2) is 33.9 Å². The van der Waals surface area contributed by atoms with E-state index >= 15 is 0 Å². The van der Waals surface area contributed by atoms with Gasteiger partial charge < -0.3 is 20.4 Å².